The summed E-state index contributed by atoms with van der Waals surface area (Å²) in [4.78, 5) is 21.6. The van der Waals surface area contributed by atoms with E-state index in [1.165, 1.54) is 0 Å². The van der Waals surface area contributed by atoms with E-state index in [1.807, 2.05) is 41.3 Å². The normalized spacial score (nSPS) is 14.9. The highest BCUT2D eigenvalue weighted by Crippen LogP contribution is 2.23. The third-order valence-electron chi connectivity index (χ3n) is 5.54. The summed E-state index contributed by atoms with van der Waals surface area (Å²) in [5.74, 6) is 0.766. The van der Waals surface area contributed by atoms with Crippen LogP contribution in [0.25, 0.3) is 0 Å². The molecule has 1 aliphatic heterocycles. The molecule has 0 radical (unpaired) electrons. The van der Waals surface area contributed by atoms with E-state index in [1.54, 1.807) is 24.7 Å². The lowest BCUT2D eigenvalue weighted by Gasteiger charge is -2.38. The lowest BCUT2D eigenvalue weighted by Crippen LogP contribution is -2.46. The van der Waals surface area contributed by atoms with E-state index in [0.717, 1.165) is 43.8 Å². The van der Waals surface area contributed by atoms with Gasteiger partial charge in [-0.2, -0.15) is 5.26 Å². The number of nitriles is 1. The van der Waals surface area contributed by atoms with Crippen LogP contribution in [0.4, 0.5) is 0 Å². The average Bonchev–Trinajstić information content (AvgIpc) is 3.32. The van der Waals surface area contributed by atoms with Crippen LogP contribution < -0.4 is 0 Å². The Morgan fingerprint density at radius 3 is 2.77 bits per heavy atom. The van der Waals surface area contributed by atoms with Gasteiger partial charge in [0.25, 0.3) is 5.91 Å². The molecule has 0 bridgehead atoms. The number of hydrogen-bond acceptors (Lipinski definition) is 5. The molecule has 3 aromatic rings. The van der Waals surface area contributed by atoms with E-state index < -0.39 is 0 Å². The predicted octanol–water partition coefficient (Wildman–Crippen LogP) is 3.85. The molecular weight excluding hydrogens is 376 g/mol. The third kappa shape index (κ3) is 4.76. The summed E-state index contributed by atoms with van der Waals surface area (Å²) in [6, 6.07) is 17.4. The van der Waals surface area contributed by atoms with Crippen LogP contribution in [0.15, 0.2) is 71.6 Å². The first-order valence-corrected chi connectivity index (χ1v) is 10.2. The average molecular weight is 400 g/mol. The lowest BCUT2D eigenvalue weighted by atomic mass is 10.0. The van der Waals surface area contributed by atoms with Crippen molar-refractivity contribution in [3.8, 4) is 6.07 Å². The van der Waals surface area contributed by atoms with Crippen LogP contribution in [0, 0.1) is 11.3 Å². The Kier molecular flexibility index (Phi) is 6.21. The summed E-state index contributed by atoms with van der Waals surface area (Å²) in [7, 11) is 0. The maximum atomic E-state index is 13.2. The van der Waals surface area contributed by atoms with Crippen molar-refractivity contribution < 1.29 is 9.21 Å². The van der Waals surface area contributed by atoms with Crippen molar-refractivity contribution in [2.45, 2.75) is 32.0 Å². The monoisotopic (exact) mass is 400 g/mol. The van der Waals surface area contributed by atoms with Crippen LogP contribution in [0.5, 0.6) is 0 Å². The highest BCUT2D eigenvalue weighted by atomic mass is 16.3. The number of carbonyl (C=O) groups excluding carboxylic acids is 1. The first-order valence-electron chi connectivity index (χ1n) is 10.2. The number of nitrogens with zero attached hydrogens (tertiary/aromatic N) is 4. The number of pyridine rings is 1. The van der Waals surface area contributed by atoms with Crippen LogP contribution in [0.2, 0.25) is 0 Å². The first kappa shape index (κ1) is 19.9. The summed E-state index contributed by atoms with van der Waals surface area (Å²) < 4.78 is 5.52. The van der Waals surface area contributed by atoms with Crippen LogP contribution in [-0.2, 0) is 13.1 Å². The largest absolute Gasteiger partial charge is 0.467 e. The quantitative estimate of drug-likeness (QED) is 0.628. The zero-order valence-electron chi connectivity index (χ0n) is 16.8. The van der Waals surface area contributed by atoms with Gasteiger partial charge in [-0.3, -0.25) is 14.7 Å². The second-order valence-electron chi connectivity index (χ2n) is 7.57. The maximum absolute atomic E-state index is 13.2. The van der Waals surface area contributed by atoms with E-state index in [0.29, 0.717) is 17.7 Å². The number of carbonyl (C=O) groups is 1. The molecule has 0 spiro atoms. The van der Waals surface area contributed by atoms with Crippen LogP contribution >= 0.6 is 0 Å². The van der Waals surface area contributed by atoms with Gasteiger partial charge in [-0.1, -0.05) is 12.1 Å². The fourth-order valence-corrected chi connectivity index (χ4v) is 3.98. The SMILES string of the molecule is N#Cc1cccc(CN2CCC(N(Cc3ccco3)C(=O)c3cccnc3)CC2)c1. The molecule has 0 atom stereocenters. The van der Waals surface area contributed by atoms with Crippen LogP contribution in [0.1, 0.15) is 40.1 Å². The molecule has 2 aromatic heterocycles. The lowest BCUT2D eigenvalue weighted by molar-refractivity contribution is 0.0523. The zero-order valence-corrected chi connectivity index (χ0v) is 16.8. The molecule has 0 saturated carbocycles. The number of piperidine rings is 1. The number of amides is 1. The van der Waals surface area contributed by atoms with Gasteiger partial charge in [-0.15, -0.1) is 0 Å². The fraction of sp³-hybridized carbons (Fsp3) is 0.292. The van der Waals surface area contributed by atoms with Gasteiger partial charge in [0.1, 0.15) is 5.76 Å². The Balaban J connectivity index is 1.43. The minimum absolute atomic E-state index is 0.0142. The van der Waals surface area contributed by atoms with Gasteiger partial charge in [-0.25, -0.2) is 0 Å². The number of rotatable bonds is 6. The standard InChI is InChI=1S/C24H24N4O2/c25-15-19-4-1-5-20(14-19)17-27-11-8-22(9-12-27)28(18-23-7-3-13-30-23)24(29)21-6-2-10-26-16-21/h1-7,10,13-14,16,22H,8-9,11-12,17-18H2. The van der Waals surface area contributed by atoms with Crippen molar-refractivity contribution >= 4 is 5.91 Å². The molecule has 1 fully saturated rings. The maximum Gasteiger partial charge on any atom is 0.256 e. The molecule has 0 aliphatic carbocycles. The molecule has 1 aliphatic rings. The second kappa shape index (κ2) is 9.38. The molecule has 30 heavy (non-hydrogen) atoms. The van der Waals surface area contributed by atoms with Crippen molar-refractivity contribution in [2.75, 3.05) is 13.1 Å². The van der Waals surface area contributed by atoms with Gasteiger partial charge in [0.05, 0.1) is 30.0 Å². The summed E-state index contributed by atoms with van der Waals surface area (Å²) >= 11 is 0. The number of aromatic nitrogens is 1. The van der Waals surface area contributed by atoms with Crippen LogP contribution in [0.3, 0.4) is 0 Å². The van der Waals surface area contributed by atoms with Gasteiger partial charge in [0, 0.05) is 38.1 Å². The van der Waals surface area contributed by atoms with Gasteiger partial charge in [0.15, 0.2) is 0 Å². The van der Waals surface area contributed by atoms with Crippen molar-refractivity contribution in [3.05, 3.63) is 89.6 Å². The van der Waals surface area contributed by atoms with Crippen molar-refractivity contribution in [2.24, 2.45) is 0 Å². The molecule has 6 heteroatoms. The van der Waals surface area contributed by atoms with Gasteiger partial charge >= 0.3 is 0 Å². The van der Waals surface area contributed by atoms with E-state index in [2.05, 4.69) is 22.0 Å². The topological polar surface area (TPSA) is 73.4 Å². The molecule has 0 N–H and O–H groups in total. The second-order valence-corrected chi connectivity index (χ2v) is 7.57. The van der Waals surface area contributed by atoms with Gasteiger partial charge in [0.2, 0.25) is 0 Å². The third-order valence-corrected chi connectivity index (χ3v) is 5.54. The summed E-state index contributed by atoms with van der Waals surface area (Å²) in [6.07, 6.45) is 6.72. The van der Waals surface area contributed by atoms with Crippen molar-refractivity contribution in [1.82, 2.24) is 14.8 Å². The minimum Gasteiger partial charge on any atom is -0.467 e. The molecule has 152 valence electrons. The Morgan fingerprint density at radius 1 is 1.20 bits per heavy atom. The Labute approximate surface area is 176 Å². The first-order chi connectivity index (χ1) is 14.7. The van der Waals surface area contributed by atoms with Crippen LogP contribution in [-0.4, -0.2) is 39.8 Å². The molecule has 0 unspecified atom stereocenters. The smallest absolute Gasteiger partial charge is 0.256 e. The minimum atomic E-state index is -0.0142. The number of likely N-dealkylation sites (tertiary alicyclic amines) is 1. The molecule has 1 aromatic carbocycles. The van der Waals surface area contributed by atoms with Crippen molar-refractivity contribution in [1.29, 1.82) is 5.26 Å². The van der Waals surface area contributed by atoms with E-state index in [-0.39, 0.29) is 11.9 Å². The predicted molar refractivity (Wildman–Crippen MR) is 112 cm³/mol. The van der Waals surface area contributed by atoms with Gasteiger partial charge < -0.3 is 9.32 Å². The number of furan rings is 1. The van der Waals surface area contributed by atoms with E-state index in [4.69, 9.17) is 9.68 Å². The summed E-state index contributed by atoms with van der Waals surface area (Å²) in [5, 5.41) is 9.10. The number of hydrogen-bond donors (Lipinski definition) is 0. The summed E-state index contributed by atoms with van der Waals surface area (Å²) in [5.41, 5.74) is 2.43. The highest BCUT2D eigenvalue weighted by molar-refractivity contribution is 5.94. The Hall–Kier alpha value is -3.43. The zero-order chi connectivity index (χ0) is 20.8. The Morgan fingerprint density at radius 2 is 2.07 bits per heavy atom. The Bertz CT molecular complexity index is 1000. The van der Waals surface area contributed by atoms with E-state index in [9.17, 15) is 4.79 Å². The highest BCUT2D eigenvalue weighted by Gasteiger charge is 2.29. The molecule has 6 nitrogen and oxygen atoms in total. The fourth-order valence-electron chi connectivity index (χ4n) is 3.98. The van der Waals surface area contributed by atoms with Crippen molar-refractivity contribution in [3.63, 3.8) is 0 Å². The summed E-state index contributed by atoms with van der Waals surface area (Å²) in [6.45, 7) is 3.07. The van der Waals surface area contributed by atoms with Gasteiger partial charge in [-0.05, 0) is 54.8 Å². The molecule has 1 amide bonds. The van der Waals surface area contributed by atoms with E-state index >= 15 is 0 Å². The molecule has 4 rings (SSSR count). The number of benzene rings is 1. The molecular formula is C24H24N4O2. The molecule has 1 saturated heterocycles. The molecule has 3 heterocycles.